The number of rotatable bonds is 6. The quantitative estimate of drug-likeness (QED) is 0.865. The largest absolute Gasteiger partial charge is 0.310 e. The molecule has 3 heteroatoms. The van der Waals surface area contributed by atoms with Gasteiger partial charge in [0.25, 0.3) is 0 Å². The van der Waals surface area contributed by atoms with Gasteiger partial charge in [0.2, 0.25) is 0 Å². The van der Waals surface area contributed by atoms with Crippen LogP contribution in [0.3, 0.4) is 0 Å². The summed E-state index contributed by atoms with van der Waals surface area (Å²) in [7, 11) is 0. The summed E-state index contributed by atoms with van der Waals surface area (Å²) in [5.74, 6) is -0.163. The molecular formula is C17H21FN2. The summed E-state index contributed by atoms with van der Waals surface area (Å²) in [6, 6.07) is 9.45. The van der Waals surface area contributed by atoms with Crippen molar-refractivity contribution in [1.29, 1.82) is 0 Å². The fourth-order valence-electron chi connectivity index (χ4n) is 2.46. The molecule has 1 aromatic heterocycles. The van der Waals surface area contributed by atoms with Crippen molar-refractivity contribution < 1.29 is 4.39 Å². The lowest BCUT2D eigenvalue weighted by Crippen LogP contribution is -2.21. The molecule has 0 amide bonds. The Morgan fingerprint density at radius 2 is 2.15 bits per heavy atom. The summed E-state index contributed by atoms with van der Waals surface area (Å²) in [4.78, 5) is 4.13. The van der Waals surface area contributed by atoms with Crippen LogP contribution in [0.4, 0.5) is 4.39 Å². The van der Waals surface area contributed by atoms with Crippen molar-refractivity contribution in [3.05, 3.63) is 65.2 Å². The Morgan fingerprint density at radius 1 is 1.30 bits per heavy atom. The first-order chi connectivity index (χ1) is 9.69. The van der Waals surface area contributed by atoms with Gasteiger partial charge in [-0.15, -0.1) is 0 Å². The van der Waals surface area contributed by atoms with E-state index in [9.17, 15) is 4.39 Å². The minimum atomic E-state index is -0.163. The molecule has 0 radical (unpaired) electrons. The molecule has 0 fully saturated rings. The summed E-state index contributed by atoms with van der Waals surface area (Å²) >= 11 is 0. The van der Waals surface area contributed by atoms with E-state index < -0.39 is 0 Å². The second-order valence-electron chi connectivity index (χ2n) is 5.07. The standard InChI is InChI=1S/C17H21FN2/c1-3-20-17(7-6-14-5-4-8-19-12-14)15-9-13(2)10-16(18)11-15/h4-5,8-12,17,20H,3,6-7H2,1-2H3. The van der Waals surface area contributed by atoms with E-state index in [1.54, 1.807) is 18.3 Å². The van der Waals surface area contributed by atoms with Gasteiger partial charge in [0, 0.05) is 18.4 Å². The smallest absolute Gasteiger partial charge is 0.123 e. The molecule has 1 aromatic carbocycles. The van der Waals surface area contributed by atoms with Crippen LogP contribution in [-0.2, 0) is 6.42 Å². The second kappa shape index (κ2) is 7.15. The number of nitrogens with one attached hydrogen (secondary N) is 1. The first-order valence-corrected chi connectivity index (χ1v) is 7.08. The van der Waals surface area contributed by atoms with Crippen LogP contribution in [-0.4, -0.2) is 11.5 Å². The van der Waals surface area contributed by atoms with Crippen molar-refractivity contribution >= 4 is 0 Å². The molecule has 0 aliphatic carbocycles. The van der Waals surface area contributed by atoms with Gasteiger partial charge in [-0.3, -0.25) is 4.98 Å². The molecule has 0 aliphatic rings. The Bertz CT molecular complexity index is 520. The Balaban J connectivity index is 2.10. The van der Waals surface area contributed by atoms with Crippen molar-refractivity contribution in [2.45, 2.75) is 32.7 Å². The minimum absolute atomic E-state index is 0.163. The van der Waals surface area contributed by atoms with Crippen molar-refractivity contribution in [2.24, 2.45) is 0 Å². The van der Waals surface area contributed by atoms with Gasteiger partial charge < -0.3 is 5.32 Å². The molecule has 1 unspecified atom stereocenters. The number of hydrogen-bond acceptors (Lipinski definition) is 2. The summed E-state index contributed by atoms with van der Waals surface area (Å²) in [6.07, 6.45) is 5.53. The predicted octanol–water partition coefficient (Wildman–Crippen LogP) is 3.81. The van der Waals surface area contributed by atoms with E-state index in [4.69, 9.17) is 0 Å². The highest BCUT2D eigenvalue weighted by molar-refractivity contribution is 5.26. The Labute approximate surface area is 120 Å². The topological polar surface area (TPSA) is 24.9 Å². The van der Waals surface area contributed by atoms with E-state index in [2.05, 4.69) is 29.4 Å². The van der Waals surface area contributed by atoms with Crippen LogP contribution in [0, 0.1) is 12.7 Å². The average Bonchev–Trinajstić information content (AvgIpc) is 2.43. The molecule has 2 rings (SSSR count). The fourth-order valence-corrected chi connectivity index (χ4v) is 2.46. The maximum Gasteiger partial charge on any atom is 0.123 e. The second-order valence-corrected chi connectivity index (χ2v) is 5.07. The number of aryl methyl sites for hydroxylation is 2. The molecule has 0 saturated carbocycles. The zero-order valence-corrected chi connectivity index (χ0v) is 12.1. The van der Waals surface area contributed by atoms with E-state index >= 15 is 0 Å². The van der Waals surface area contributed by atoms with Crippen molar-refractivity contribution in [3.8, 4) is 0 Å². The number of hydrogen-bond donors (Lipinski definition) is 1. The molecule has 0 spiro atoms. The molecule has 0 bridgehead atoms. The number of nitrogens with zero attached hydrogens (tertiary/aromatic N) is 1. The van der Waals surface area contributed by atoms with Gasteiger partial charge in [-0.25, -0.2) is 4.39 Å². The van der Waals surface area contributed by atoms with E-state index in [-0.39, 0.29) is 11.9 Å². The van der Waals surface area contributed by atoms with Gasteiger partial charge in [-0.2, -0.15) is 0 Å². The normalized spacial score (nSPS) is 12.3. The van der Waals surface area contributed by atoms with Crippen molar-refractivity contribution in [1.82, 2.24) is 10.3 Å². The van der Waals surface area contributed by atoms with Crippen molar-refractivity contribution in [2.75, 3.05) is 6.54 Å². The van der Waals surface area contributed by atoms with Gasteiger partial charge in [0.1, 0.15) is 5.82 Å². The van der Waals surface area contributed by atoms with Crippen LogP contribution >= 0.6 is 0 Å². The third-order valence-corrected chi connectivity index (χ3v) is 3.36. The number of benzene rings is 1. The summed E-state index contributed by atoms with van der Waals surface area (Å²) < 4.78 is 13.6. The van der Waals surface area contributed by atoms with Crippen LogP contribution in [0.25, 0.3) is 0 Å². The first kappa shape index (κ1) is 14.7. The fraction of sp³-hybridized carbons (Fsp3) is 0.353. The number of halogens is 1. The van der Waals surface area contributed by atoms with Gasteiger partial charge in [-0.1, -0.05) is 19.1 Å². The SMILES string of the molecule is CCNC(CCc1cccnc1)c1cc(C)cc(F)c1. The molecule has 0 saturated heterocycles. The van der Waals surface area contributed by atoms with Gasteiger partial charge in [0.05, 0.1) is 0 Å². The highest BCUT2D eigenvalue weighted by atomic mass is 19.1. The van der Waals surface area contributed by atoms with Gasteiger partial charge >= 0.3 is 0 Å². The molecule has 2 nitrogen and oxygen atoms in total. The highest BCUT2D eigenvalue weighted by Gasteiger charge is 2.12. The number of pyridine rings is 1. The molecule has 1 N–H and O–H groups in total. The lowest BCUT2D eigenvalue weighted by molar-refractivity contribution is 0.510. The van der Waals surface area contributed by atoms with E-state index in [1.165, 1.54) is 5.56 Å². The summed E-state index contributed by atoms with van der Waals surface area (Å²) in [5, 5.41) is 3.44. The molecular weight excluding hydrogens is 251 g/mol. The zero-order chi connectivity index (χ0) is 14.4. The first-order valence-electron chi connectivity index (χ1n) is 7.08. The number of aromatic nitrogens is 1. The van der Waals surface area contributed by atoms with E-state index in [0.29, 0.717) is 0 Å². The predicted molar refractivity (Wildman–Crippen MR) is 80.1 cm³/mol. The molecule has 1 atom stereocenters. The summed E-state index contributed by atoms with van der Waals surface area (Å²) in [6.45, 7) is 4.87. The third-order valence-electron chi connectivity index (χ3n) is 3.36. The van der Waals surface area contributed by atoms with E-state index in [1.807, 2.05) is 19.2 Å². The van der Waals surface area contributed by atoms with Crippen LogP contribution < -0.4 is 5.32 Å². The maximum absolute atomic E-state index is 13.6. The van der Waals surface area contributed by atoms with Crippen LogP contribution in [0.5, 0.6) is 0 Å². The highest BCUT2D eigenvalue weighted by Crippen LogP contribution is 2.21. The zero-order valence-electron chi connectivity index (χ0n) is 12.1. The Hall–Kier alpha value is -1.74. The molecule has 20 heavy (non-hydrogen) atoms. The van der Waals surface area contributed by atoms with Crippen LogP contribution in [0.2, 0.25) is 0 Å². The molecule has 1 heterocycles. The van der Waals surface area contributed by atoms with Gasteiger partial charge in [0.15, 0.2) is 0 Å². The monoisotopic (exact) mass is 272 g/mol. The van der Waals surface area contributed by atoms with Crippen molar-refractivity contribution in [3.63, 3.8) is 0 Å². The lowest BCUT2D eigenvalue weighted by Gasteiger charge is -2.19. The Kier molecular flexibility index (Phi) is 5.24. The van der Waals surface area contributed by atoms with Crippen LogP contribution in [0.1, 0.15) is 36.1 Å². The Morgan fingerprint density at radius 3 is 2.80 bits per heavy atom. The van der Waals surface area contributed by atoms with Gasteiger partial charge in [-0.05, 0) is 61.2 Å². The molecule has 106 valence electrons. The average molecular weight is 272 g/mol. The molecule has 0 aliphatic heterocycles. The molecule has 2 aromatic rings. The van der Waals surface area contributed by atoms with Crippen LogP contribution in [0.15, 0.2) is 42.7 Å². The summed E-state index contributed by atoms with van der Waals surface area (Å²) in [5.41, 5.74) is 3.20. The maximum atomic E-state index is 13.6. The third kappa shape index (κ3) is 4.14. The minimum Gasteiger partial charge on any atom is -0.310 e. The lowest BCUT2D eigenvalue weighted by atomic mass is 9.98. The van der Waals surface area contributed by atoms with E-state index in [0.717, 1.165) is 30.5 Å².